The average Bonchev–Trinajstić information content (AvgIpc) is 2.62. The van der Waals surface area contributed by atoms with Gasteiger partial charge in [-0.3, -0.25) is 15.0 Å². The zero-order valence-electron chi connectivity index (χ0n) is 17.7. The second-order valence-corrected chi connectivity index (χ2v) is 7.81. The van der Waals surface area contributed by atoms with Crippen molar-refractivity contribution in [2.75, 3.05) is 6.54 Å². The normalized spacial score (nSPS) is 12.9. The number of para-hydroxylation sites is 1. The first-order valence-electron chi connectivity index (χ1n) is 9.95. The average molecular weight is 364 g/mol. The molecule has 0 amide bonds. The lowest BCUT2D eigenvalue weighted by atomic mass is 9.93. The van der Waals surface area contributed by atoms with E-state index in [9.17, 15) is 0 Å². The van der Waals surface area contributed by atoms with Gasteiger partial charge in [-0.25, -0.2) is 0 Å². The molecule has 2 aromatic rings. The van der Waals surface area contributed by atoms with Crippen LogP contribution in [0.3, 0.4) is 0 Å². The van der Waals surface area contributed by atoms with Crippen LogP contribution in [0.1, 0.15) is 76.6 Å². The minimum atomic E-state index is 0.461. The van der Waals surface area contributed by atoms with Gasteiger partial charge in [-0.15, -0.1) is 0 Å². The predicted molar refractivity (Wildman–Crippen MR) is 118 cm³/mol. The van der Waals surface area contributed by atoms with Crippen molar-refractivity contribution in [3.63, 3.8) is 0 Å². The second kappa shape index (κ2) is 10.1. The van der Waals surface area contributed by atoms with Crippen molar-refractivity contribution in [3.8, 4) is 0 Å². The third-order valence-electron chi connectivity index (χ3n) is 4.63. The molecule has 2 rings (SSSR count). The molecule has 0 saturated carbocycles. The van der Waals surface area contributed by atoms with Crippen LogP contribution in [0, 0.1) is 0 Å². The molecule has 0 fully saturated rings. The van der Waals surface area contributed by atoms with Crippen LogP contribution in [-0.2, 0) is 6.42 Å². The summed E-state index contributed by atoms with van der Waals surface area (Å²) in [7, 11) is 0. The summed E-state index contributed by atoms with van der Waals surface area (Å²) >= 11 is 0. The fraction of sp³-hybridized carbons (Fsp3) is 0.458. The van der Waals surface area contributed by atoms with Gasteiger partial charge in [0.25, 0.3) is 0 Å². The van der Waals surface area contributed by atoms with Gasteiger partial charge in [0.15, 0.2) is 0 Å². The van der Waals surface area contributed by atoms with E-state index in [-0.39, 0.29) is 0 Å². The summed E-state index contributed by atoms with van der Waals surface area (Å²) in [5, 5.41) is 0. The Kier molecular flexibility index (Phi) is 7.90. The van der Waals surface area contributed by atoms with Crippen LogP contribution in [-0.4, -0.2) is 23.0 Å². The number of benzene rings is 1. The summed E-state index contributed by atoms with van der Waals surface area (Å²) in [6.45, 7) is 13.9. The van der Waals surface area contributed by atoms with E-state index >= 15 is 0 Å². The van der Waals surface area contributed by atoms with Gasteiger partial charge >= 0.3 is 0 Å². The zero-order valence-corrected chi connectivity index (χ0v) is 17.7. The van der Waals surface area contributed by atoms with Gasteiger partial charge in [0, 0.05) is 42.7 Å². The molecule has 0 N–H and O–H groups in total. The minimum absolute atomic E-state index is 0.461. The Bertz CT molecular complexity index is 760. The minimum Gasteiger partial charge on any atom is -0.294 e. The van der Waals surface area contributed by atoms with Gasteiger partial charge in [-0.2, -0.15) is 0 Å². The maximum atomic E-state index is 5.03. The van der Waals surface area contributed by atoms with Crippen LogP contribution >= 0.6 is 0 Å². The van der Waals surface area contributed by atoms with Crippen LogP contribution < -0.4 is 0 Å². The Labute approximate surface area is 164 Å². The lowest BCUT2D eigenvalue weighted by Gasteiger charge is -2.17. The van der Waals surface area contributed by atoms with Gasteiger partial charge in [0.05, 0.1) is 5.69 Å². The Morgan fingerprint density at radius 2 is 1.56 bits per heavy atom. The molecule has 0 aliphatic rings. The highest BCUT2D eigenvalue weighted by atomic mass is 14.8. The van der Waals surface area contributed by atoms with E-state index < -0.39 is 0 Å². The highest BCUT2D eigenvalue weighted by Gasteiger charge is 2.13. The third kappa shape index (κ3) is 6.42. The molecule has 0 aliphatic heterocycles. The molecular weight excluding hydrogens is 330 g/mol. The molecule has 0 saturated heterocycles. The molecule has 144 valence electrons. The lowest BCUT2D eigenvalue weighted by molar-refractivity contribution is 0.834. The third-order valence-corrected chi connectivity index (χ3v) is 4.63. The van der Waals surface area contributed by atoms with E-state index in [4.69, 9.17) is 9.98 Å². The van der Waals surface area contributed by atoms with Crippen molar-refractivity contribution in [3.05, 3.63) is 59.4 Å². The van der Waals surface area contributed by atoms with Gasteiger partial charge in [0.2, 0.25) is 0 Å². The van der Waals surface area contributed by atoms with E-state index in [1.807, 2.05) is 24.4 Å². The molecule has 0 radical (unpaired) electrons. The highest BCUT2D eigenvalue weighted by molar-refractivity contribution is 6.03. The summed E-state index contributed by atoms with van der Waals surface area (Å²) in [6.07, 6.45) is 3.52. The summed E-state index contributed by atoms with van der Waals surface area (Å²) in [4.78, 5) is 14.1. The molecule has 0 spiro atoms. The summed E-state index contributed by atoms with van der Waals surface area (Å²) in [5.74, 6) is 0.923. The molecule has 0 aliphatic carbocycles. The summed E-state index contributed by atoms with van der Waals surface area (Å²) in [5.41, 5.74) is 7.13. The van der Waals surface area contributed by atoms with Gasteiger partial charge in [-0.05, 0) is 48.9 Å². The number of pyridine rings is 1. The highest BCUT2D eigenvalue weighted by Crippen LogP contribution is 2.34. The molecule has 1 aromatic carbocycles. The summed E-state index contributed by atoms with van der Waals surface area (Å²) in [6, 6.07) is 12.6. The smallest absolute Gasteiger partial charge is 0.0698 e. The van der Waals surface area contributed by atoms with Gasteiger partial charge in [0.1, 0.15) is 0 Å². The molecule has 3 nitrogen and oxygen atoms in total. The molecule has 27 heavy (non-hydrogen) atoms. The van der Waals surface area contributed by atoms with E-state index in [1.165, 1.54) is 11.1 Å². The Balaban J connectivity index is 2.11. The second-order valence-electron chi connectivity index (χ2n) is 7.81. The maximum absolute atomic E-state index is 5.03. The zero-order chi connectivity index (χ0) is 19.8. The number of nitrogens with zero attached hydrogens (tertiary/aromatic N) is 3. The first-order valence-corrected chi connectivity index (χ1v) is 9.95. The van der Waals surface area contributed by atoms with Crippen LogP contribution in [0.15, 0.2) is 52.6 Å². The Hall–Kier alpha value is -2.29. The van der Waals surface area contributed by atoms with E-state index in [1.54, 1.807) is 0 Å². The van der Waals surface area contributed by atoms with Crippen LogP contribution in [0.5, 0.6) is 0 Å². The van der Waals surface area contributed by atoms with E-state index in [2.05, 4.69) is 64.7 Å². The fourth-order valence-electron chi connectivity index (χ4n) is 3.20. The molecule has 0 bridgehead atoms. The van der Waals surface area contributed by atoms with Crippen molar-refractivity contribution in [2.24, 2.45) is 9.98 Å². The molecule has 1 heterocycles. The number of hydrogen-bond donors (Lipinski definition) is 0. The SMILES string of the molecule is CC(CC(C)=Nc1c(C(C)C)cccc1C(C)C)=NCCc1ccccn1. The van der Waals surface area contributed by atoms with Crippen molar-refractivity contribution < 1.29 is 0 Å². The topological polar surface area (TPSA) is 37.6 Å². The van der Waals surface area contributed by atoms with Gasteiger partial charge in [-0.1, -0.05) is 52.0 Å². The predicted octanol–water partition coefficient (Wildman–Crippen LogP) is 6.51. The maximum Gasteiger partial charge on any atom is 0.0698 e. The monoisotopic (exact) mass is 363 g/mol. The lowest BCUT2D eigenvalue weighted by Crippen LogP contribution is -2.04. The standard InChI is InChI=1S/C24H33N3/c1-17(2)22-11-9-12-23(18(3)4)24(22)27-20(6)16-19(5)25-15-13-21-10-7-8-14-26-21/h7-12,14,17-18H,13,15-16H2,1-6H3. The van der Waals surface area contributed by atoms with Gasteiger partial charge < -0.3 is 0 Å². The molecular formula is C24H33N3. The van der Waals surface area contributed by atoms with Crippen molar-refractivity contribution >= 4 is 17.1 Å². The van der Waals surface area contributed by atoms with E-state index in [0.717, 1.165) is 42.2 Å². The number of aliphatic imine (C=N–C) groups is 2. The van der Waals surface area contributed by atoms with Crippen molar-refractivity contribution in [1.29, 1.82) is 0 Å². The number of hydrogen-bond acceptors (Lipinski definition) is 3. The molecule has 3 heteroatoms. The van der Waals surface area contributed by atoms with Crippen molar-refractivity contribution in [2.45, 2.75) is 66.2 Å². The fourth-order valence-corrected chi connectivity index (χ4v) is 3.20. The van der Waals surface area contributed by atoms with Crippen LogP contribution in [0.4, 0.5) is 5.69 Å². The molecule has 0 atom stereocenters. The quantitative estimate of drug-likeness (QED) is 0.492. The van der Waals surface area contributed by atoms with Crippen molar-refractivity contribution in [1.82, 2.24) is 4.98 Å². The Morgan fingerprint density at radius 1 is 0.889 bits per heavy atom. The Morgan fingerprint density at radius 3 is 2.11 bits per heavy atom. The molecule has 0 unspecified atom stereocenters. The number of rotatable bonds is 8. The van der Waals surface area contributed by atoms with E-state index in [0.29, 0.717) is 11.8 Å². The molecule has 1 aromatic heterocycles. The largest absolute Gasteiger partial charge is 0.294 e. The van der Waals surface area contributed by atoms with Crippen LogP contribution in [0.25, 0.3) is 0 Å². The number of aromatic nitrogens is 1. The first-order chi connectivity index (χ1) is 12.9. The van der Waals surface area contributed by atoms with Crippen LogP contribution in [0.2, 0.25) is 0 Å². The summed E-state index contributed by atoms with van der Waals surface area (Å²) < 4.78 is 0. The first kappa shape index (κ1) is 21.0.